The van der Waals surface area contributed by atoms with Crippen molar-refractivity contribution in [3.63, 3.8) is 0 Å². The van der Waals surface area contributed by atoms with E-state index in [1.165, 1.54) is 6.21 Å². The van der Waals surface area contributed by atoms with Crippen LogP contribution in [0, 0.1) is 12.3 Å². The number of amides is 1. The van der Waals surface area contributed by atoms with Crippen molar-refractivity contribution in [3.05, 3.63) is 53.6 Å². The number of carbonyl (C=O) groups excluding carboxylic acids is 1. The van der Waals surface area contributed by atoms with Crippen LogP contribution in [0.15, 0.2) is 47.6 Å². The number of terminal acetylenes is 1. The second-order valence-electron chi connectivity index (χ2n) is 5.47. The van der Waals surface area contributed by atoms with Gasteiger partial charge in [0, 0.05) is 11.1 Å². The van der Waals surface area contributed by atoms with Crippen LogP contribution in [0.5, 0.6) is 17.2 Å². The van der Waals surface area contributed by atoms with E-state index < -0.39 is 0 Å². The smallest absolute Gasteiger partial charge is 0.271 e. The molecule has 1 amide bonds. The maximum atomic E-state index is 12.2. The van der Waals surface area contributed by atoms with Crippen molar-refractivity contribution in [3.8, 4) is 29.6 Å². The van der Waals surface area contributed by atoms with Gasteiger partial charge in [0.05, 0.1) is 19.9 Å². The van der Waals surface area contributed by atoms with E-state index in [0.717, 1.165) is 12.2 Å². The molecule has 0 saturated carbocycles. The molecule has 0 unspecified atom stereocenters. The highest BCUT2D eigenvalue weighted by atomic mass is 16.5. The third-order valence-electron chi connectivity index (χ3n) is 3.49. The van der Waals surface area contributed by atoms with E-state index in [1.54, 1.807) is 49.6 Å². The molecule has 1 N–H and O–H groups in total. The van der Waals surface area contributed by atoms with Gasteiger partial charge in [-0.3, -0.25) is 4.79 Å². The SMILES string of the molecule is C#CCOc1ccc(OC)cc1/C=N/NC(=O)c1ccc(OCCC)cc1. The number of methoxy groups -OCH3 is 1. The summed E-state index contributed by atoms with van der Waals surface area (Å²) >= 11 is 0. The Morgan fingerprint density at radius 3 is 2.59 bits per heavy atom. The number of hydrazone groups is 1. The number of carbonyl (C=O) groups is 1. The second-order valence-corrected chi connectivity index (χ2v) is 5.47. The van der Waals surface area contributed by atoms with E-state index in [0.29, 0.717) is 29.2 Å². The Labute approximate surface area is 159 Å². The summed E-state index contributed by atoms with van der Waals surface area (Å²) in [7, 11) is 1.56. The predicted molar refractivity (Wildman–Crippen MR) is 105 cm³/mol. The minimum atomic E-state index is -0.331. The Bertz CT molecular complexity index is 823. The molecule has 0 aliphatic heterocycles. The molecular weight excluding hydrogens is 344 g/mol. The maximum absolute atomic E-state index is 12.2. The highest BCUT2D eigenvalue weighted by Gasteiger charge is 2.06. The van der Waals surface area contributed by atoms with Gasteiger partial charge in [-0.05, 0) is 48.9 Å². The third-order valence-corrected chi connectivity index (χ3v) is 3.49. The molecule has 2 rings (SSSR count). The fraction of sp³-hybridized carbons (Fsp3) is 0.238. The summed E-state index contributed by atoms with van der Waals surface area (Å²) in [5, 5.41) is 3.99. The summed E-state index contributed by atoms with van der Waals surface area (Å²) in [6, 6.07) is 12.1. The van der Waals surface area contributed by atoms with E-state index in [-0.39, 0.29) is 12.5 Å². The highest BCUT2D eigenvalue weighted by Crippen LogP contribution is 2.22. The summed E-state index contributed by atoms with van der Waals surface area (Å²) in [5.41, 5.74) is 3.59. The summed E-state index contributed by atoms with van der Waals surface area (Å²) in [5.74, 6) is 3.98. The Balaban J connectivity index is 2.03. The van der Waals surface area contributed by atoms with Gasteiger partial charge < -0.3 is 14.2 Å². The lowest BCUT2D eigenvalue weighted by Crippen LogP contribution is -2.17. The summed E-state index contributed by atoms with van der Waals surface area (Å²) in [4.78, 5) is 12.2. The molecule has 0 aromatic heterocycles. The molecule has 27 heavy (non-hydrogen) atoms. The van der Waals surface area contributed by atoms with Gasteiger partial charge in [0.1, 0.15) is 23.9 Å². The second kappa shape index (κ2) is 10.5. The first-order chi connectivity index (χ1) is 13.2. The van der Waals surface area contributed by atoms with Gasteiger partial charge >= 0.3 is 0 Å². The normalized spacial score (nSPS) is 10.3. The zero-order valence-electron chi connectivity index (χ0n) is 15.4. The monoisotopic (exact) mass is 366 g/mol. The molecule has 0 heterocycles. The molecular formula is C21H22N2O4. The van der Waals surface area contributed by atoms with Gasteiger partial charge in [-0.2, -0.15) is 5.10 Å². The number of rotatable bonds is 9. The number of benzene rings is 2. The van der Waals surface area contributed by atoms with Crippen LogP contribution in [0.3, 0.4) is 0 Å². The lowest BCUT2D eigenvalue weighted by Gasteiger charge is -2.08. The minimum Gasteiger partial charge on any atom is -0.497 e. The van der Waals surface area contributed by atoms with Crippen LogP contribution in [0.1, 0.15) is 29.3 Å². The van der Waals surface area contributed by atoms with Crippen LogP contribution in [0.25, 0.3) is 0 Å². The summed E-state index contributed by atoms with van der Waals surface area (Å²) < 4.78 is 16.2. The molecule has 0 spiro atoms. The molecule has 2 aromatic carbocycles. The molecule has 0 aliphatic rings. The van der Waals surface area contributed by atoms with E-state index in [9.17, 15) is 4.79 Å². The van der Waals surface area contributed by atoms with E-state index in [4.69, 9.17) is 20.6 Å². The van der Waals surface area contributed by atoms with Crippen molar-refractivity contribution in [1.29, 1.82) is 0 Å². The van der Waals surface area contributed by atoms with E-state index in [1.807, 2.05) is 6.92 Å². The Hall–Kier alpha value is -3.46. The van der Waals surface area contributed by atoms with Crippen molar-refractivity contribution in [2.45, 2.75) is 13.3 Å². The fourth-order valence-corrected chi connectivity index (χ4v) is 2.15. The van der Waals surface area contributed by atoms with Crippen molar-refractivity contribution < 1.29 is 19.0 Å². The minimum absolute atomic E-state index is 0.131. The van der Waals surface area contributed by atoms with Gasteiger partial charge in [0.15, 0.2) is 0 Å². The largest absolute Gasteiger partial charge is 0.497 e. The molecule has 0 bridgehead atoms. The third kappa shape index (κ3) is 6.08. The molecule has 0 radical (unpaired) electrons. The molecule has 140 valence electrons. The lowest BCUT2D eigenvalue weighted by atomic mass is 10.2. The Kier molecular flexibility index (Phi) is 7.73. The Morgan fingerprint density at radius 1 is 1.19 bits per heavy atom. The molecule has 0 aliphatic carbocycles. The standard InChI is InChI=1S/C21H22N2O4/c1-4-12-26-18-8-6-16(7-9-18)21(24)23-22-15-17-14-19(25-3)10-11-20(17)27-13-5-2/h2,6-11,14-15H,4,12-13H2,1,3H3,(H,23,24)/b22-15+. The molecule has 6 heteroatoms. The fourth-order valence-electron chi connectivity index (χ4n) is 2.15. The molecule has 6 nitrogen and oxygen atoms in total. The topological polar surface area (TPSA) is 69.2 Å². The van der Waals surface area contributed by atoms with Crippen molar-refractivity contribution in [1.82, 2.24) is 5.43 Å². The highest BCUT2D eigenvalue weighted by molar-refractivity contribution is 5.95. The quantitative estimate of drug-likeness (QED) is 0.420. The lowest BCUT2D eigenvalue weighted by molar-refractivity contribution is 0.0955. The van der Waals surface area contributed by atoms with Crippen LogP contribution < -0.4 is 19.6 Å². The van der Waals surface area contributed by atoms with E-state index >= 15 is 0 Å². The molecule has 2 aromatic rings. The van der Waals surface area contributed by atoms with Crippen LogP contribution >= 0.6 is 0 Å². The summed E-state index contributed by atoms with van der Waals surface area (Å²) in [6.07, 6.45) is 7.63. The first kappa shape index (κ1) is 19.9. The average molecular weight is 366 g/mol. The zero-order valence-corrected chi connectivity index (χ0v) is 15.4. The van der Waals surface area contributed by atoms with Crippen LogP contribution in [-0.2, 0) is 0 Å². The van der Waals surface area contributed by atoms with Crippen LogP contribution in [0.4, 0.5) is 0 Å². The van der Waals surface area contributed by atoms with Gasteiger partial charge in [0.25, 0.3) is 5.91 Å². The van der Waals surface area contributed by atoms with Crippen molar-refractivity contribution >= 4 is 12.1 Å². The molecule has 0 atom stereocenters. The van der Waals surface area contributed by atoms with Gasteiger partial charge in [-0.15, -0.1) is 6.42 Å². The van der Waals surface area contributed by atoms with E-state index in [2.05, 4.69) is 16.4 Å². The number of hydrogen-bond donors (Lipinski definition) is 1. The zero-order chi connectivity index (χ0) is 19.5. The molecule has 0 saturated heterocycles. The number of nitrogens with one attached hydrogen (secondary N) is 1. The average Bonchev–Trinajstić information content (AvgIpc) is 2.71. The van der Waals surface area contributed by atoms with Gasteiger partial charge in [-0.1, -0.05) is 12.8 Å². The summed E-state index contributed by atoms with van der Waals surface area (Å²) in [6.45, 7) is 2.80. The predicted octanol–water partition coefficient (Wildman–Crippen LogP) is 3.26. The van der Waals surface area contributed by atoms with Gasteiger partial charge in [-0.25, -0.2) is 5.43 Å². The van der Waals surface area contributed by atoms with Crippen molar-refractivity contribution in [2.75, 3.05) is 20.3 Å². The van der Waals surface area contributed by atoms with Gasteiger partial charge in [0.2, 0.25) is 0 Å². The first-order valence-electron chi connectivity index (χ1n) is 8.48. The Morgan fingerprint density at radius 2 is 1.93 bits per heavy atom. The number of nitrogens with zero attached hydrogens (tertiary/aromatic N) is 1. The van der Waals surface area contributed by atoms with Crippen molar-refractivity contribution in [2.24, 2.45) is 5.10 Å². The maximum Gasteiger partial charge on any atom is 0.271 e. The first-order valence-corrected chi connectivity index (χ1v) is 8.48. The number of hydrogen-bond acceptors (Lipinski definition) is 5. The van der Waals surface area contributed by atoms with Crippen LogP contribution in [0.2, 0.25) is 0 Å². The molecule has 0 fully saturated rings. The number of ether oxygens (including phenoxy) is 3. The van der Waals surface area contributed by atoms with Crippen LogP contribution in [-0.4, -0.2) is 32.4 Å².